The van der Waals surface area contributed by atoms with Crippen LogP contribution in [0, 0.1) is 11.8 Å². The van der Waals surface area contributed by atoms with Crippen molar-refractivity contribution in [3.8, 4) is 0 Å². The van der Waals surface area contributed by atoms with Gasteiger partial charge in [0, 0.05) is 37.5 Å². The molecule has 1 aliphatic rings. The molecular weight excluding hydrogens is 504 g/mol. The van der Waals surface area contributed by atoms with E-state index in [4.69, 9.17) is 27.2 Å². The van der Waals surface area contributed by atoms with Gasteiger partial charge in [-0.05, 0) is 39.5 Å². The summed E-state index contributed by atoms with van der Waals surface area (Å²) in [5.41, 5.74) is 0. The summed E-state index contributed by atoms with van der Waals surface area (Å²) < 4.78 is 32.8. The van der Waals surface area contributed by atoms with Crippen LogP contribution >= 0.6 is 0 Å². The summed E-state index contributed by atoms with van der Waals surface area (Å²) in [7, 11) is -4.69. The highest BCUT2D eigenvalue weighted by molar-refractivity contribution is 6.47. The Morgan fingerprint density at radius 3 is 1.47 bits per heavy atom. The molecule has 0 aromatic heterocycles. The number of carbonyl (C=O) groups excluding carboxylic acids is 4. The van der Waals surface area contributed by atoms with E-state index in [-0.39, 0.29) is 13.2 Å². The van der Waals surface area contributed by atoms with Crippen molar-refractivity contribution < 1.29 is 46.4 Å². The minimum Gasteiger partial charge on any atom is -0.496 e. The summed E-state index contributed by atoms with van der Waals surface area (Å²) in [4.78, 5) is 48.5. The lowest BCUT2D eigenvalue weighted by atomic mass is 9.79. The second kappa shape index (κ2) is 18.9. The molecule has 0 saturated heterocycles. The summed E-state index contributed by atoms with van der Waals surface area (Å²) >= 11 is 0. The fourth-order valence-corrected chi connectivity index (χ4v) is 7.13. The monoisotopic (exact) mass is 544 g/mol. The highest BCUT2D eigenvalue weighted by atomic mass is 28.3. The molecule has 1 aliphatic carbocycles. The fourth-order valence-electron chi connectivity index (χ4n) is 3.82. The second-order valence-electron chi connectivity index (χ2n) is 8.17. The van der Waals surface area contributed by atoms with Crippen molar-refractivity contribution in [2.75, 3.05) is 26.4 Å². The van der Waals surface area contributed by atoms with E-state index in [0.29, 0.717) is 51.0 Å². The first kappa shape index (κ1) is 31.7. The number of rotatable bonds is 18. The van der Waals surface area contributed by atoms with E-state index >= 15 is 0 Å². The summed E-state index contributed by atoms with van der Waals surface area (Å²) in [5.74, 6) is -3.06. The molecule has 1 rings (SSSR count). The third-order valence-corrected chi connectivity index (χ3v) is 9.72. The van der Waals surface area contributed by atoms with Gasteiger partial charge >= 0.3 is 30.5 Å². The fraction of sp³-hybridized carbons (Fsp3) is 0.667. The van der Waals surface area contributed by atoms with Gasteiger partial charge in [-0.15, -0.1) is 0 Å². The third kappa shape index (κ3) is 12.6. The van der Waals surface area contributed by atoms with Crippen LogP contribution in [-0.2, 0) is 46.4 Å². The zero-order valence-electron chi connectivity index (χ0n) is 21.4. The van der Waals surface area contributed by atoms with Gasteiger partial charge in [-0.1, -0.05) is 26.0 Å². The summed E-state index contributed by atoms with van der Waals surface area (Å²) in [5, 5.41) is 0. The number of hydrogen-bond acceptors (Lipinski definition) is 10. The van der Waals surface area contributed by atoms with Gasteiger partial charge in [-0.2, -0.15) is 0 Å². The van der Waals surface area contributed by atoms with Crippen molar-refractivity contribution in [2.45, 2.75) is 64.5 Å². The Kier molecular flexibility index (Phi) is 16.7. The Morgan fingerprint density at radius 2 is 1.14 bits per heavy atom. The van der Waals surface area contributed by atoms with Gasteiger partial charge in [0.05, 0.1) is 25.0 Å². The highest BCUT2D eigenvalue weighted by Crippen LogP contribution is 2.33. The molecule has 12 heteroatoms. The van der Waals surface area contributed by atoms with Crippen molar-refractivity contribution in [3.63, 3.8) is 0 Å². The van der Waals surface area contributed by atoms with Gasteiger partial charge in [0.1, 0.15) is 0 Å². The predicted molar refractivity (Wildman–Crippen MR) is 136 cm³/mol. The number of ether oxygens (including phenoxy) is 2. The molecule has 0 spiro atoms. The van der Waals surface area contributed by atoms with Crippen molar-refractivity contribution in [1.82, 2.24) is 0 Å². The Balaban J connectivity index is 2.67. The quantitative estimate of drug-likeness (QED) is 0.0836. The first-order valence-corrected chi connectivity index (χ1v) is 16.1. The maximum atomic E-state index is 13.0. The largest absolute Gasteiger partial charge is 0.496 e. The summed E-state index contributed by atoms with van der Waals surface area (Å²) in [6.45, 7) is 11.5. The molecule has 204 valence electrons. The predicted octanol–water partition coefficient (Wildman–Crippen LogP) is 2.63. The third-order valence-electron chi connectivity index (χ3n) is 5.56. The maximum absolute atomic E-state index is 13.0. The SMILES string of the molecule is C=CC(=O)OCCC[SiH](OCC)OC(=O)C1CCCCC1C(=O)O[SiH](CCCOC(=O)C=C)OCC. The molecule has 0 N–H and O–H groups in total. The molecule has 4 atom stereocenters. The van der Waals surface area contributed by atoms with E-state index in [1.165, 1.54) is 0 Å². The van der Waals surface area contributed by atoms with Gasteiger partial charge < -0.3 is 27.2 Å². The molecule has 10 nitrogen and oxygen atoms in total. The molecule has 4 unspecified atom stereocenters. The van der Waals surface area contributed by atoms with Crippen LogP contribution in [0.5, 0.6) is 0 Å². The molecule has 1 saturated carbocycles. The average Bonchev–Trinajstić information content (AvgIpc) is 2.88. The van der Waals surface area contributed by atoms with Gasteiger partial charge in [-0.3, -0.25) is 9.59 Å². The standard InChI is InChI=1S/C24H40O10Si2/c1-5-21(25)29-15-11-17-35(31-7-3)33-23(27)19-13-9-10-14-20(19)24(28)34-36(32-8-4)18-12-16-30-22(26)6-2/h5-6,19-20,35-36H,1-2,7-18H2,3-4H3. The van der Waals surface area contributed by atoms with Crippen molar-refractivity contribution in [3.05, 3.63) is 25.3 Å². The molecule has 36 heavy (non-hydrogen) atoms. The van der Waals surface area contributed by atoms with Crippen molar-refractivity contribution in [2.24, 2.45) is 11.8 Å². The van der Waals surface area contributed by atoms with Crippen LogP contribution in [0.1, 0.15) is 52.4 Å². The molecule has 0 aromatic rings. The van der Waals surface area contributed by atoms with Crippen molar-refractivity contribution in [1.29, 1.82) is 0 Å². The second-order valence-corrected chi connectivity index (χ2v) is 12.2. The van der Waals surface area contributed by atoms with E-state index in [9.17, 15) is 19.2 Å². The lowest BCUT2D eigenvalue weighted by Crippen LogP contribution is -2.40. The molecule has 0 heterocycles. The van der Waals surface area contributed by atoms with Crippen LogP contribution in [0.3, 0.4) is 0 Å². The van der Waals surface area contributed by atoms with E-state index in [1.54, 1.807) is 0 Å². The Bertz CT molecular complexity index is 670. The molecular formula is C24H40O10Si2. The smallest absolute Gasteiger partial charge is 0.385 e. The van der Waals surface area contributed by atoms with Gasteiger partial charge in [0.25, 0.3) is 11.9 Å². The lowest BCUT2D eigenvalue weighted by molar-refractivity contribution is -0.154. The number of esters is 2. The summed E-state index contributed by atoms with van der Waals surface area (Å²) in [6, 6.07) is 0.975. The normalized spacial score (nSPS) is 18.8. The topological polar surface area (TPSA) is 124 Å². The first-order valence-electron chi connectivity index (χ1n) is 12.6. The molecule has 0 amide bonds. The minimum atomic E-state index is -2.35. The lowest BCUT2D eigenvalue weighted by Gasteiger charge is -2.30. The highest BCUT2D eigenvalue weighted by Gasteiger charge is 2.39. The molecule has 0 bridgehead atoms. The van der Waals surface area contributed by atoms with Gasteiger partial charge in [0.2, 0.25) is 0 Å². The Hall–Kier alpha value is -2.29. The number of carbonyl (C=O) groups is 4. The van der Waals surface area contributed by atoms with Crippen LogP contribution in [0.15, 0.2) is 25.3 Å². The van der Waals surface area contributed by atoms with Crippen LogP contribution in [0.2, 0.25) is 12.1 Å². The van der Waals surface area contributed by atoms with Gasteiger partial charge in [0.15, 0.2) is 0 Å². The van der Waals surface area contributed by atoms with Crippen LogP contribution < -0.4 is 0 Å². The zero-order valence-corrected chi connectivity index (χ0v) is 23.8. The molecule has 0 radical (unpaired) electrons. The Labute approximate surface area is 217 Å². The van der Waals surface area contributed by atoms with Crippen LogP contribution in [0.4, 0.5) is 0 Å². The van der Waals surface area contributed by atoms with E-state index in [0.717, 1.165) is 25.0 Å². The zero-order chi connectivity index (χ0) is 26.8. The summed E-state index contributed by atoms with van der Waals surface area (Å²) in [6.07, 6.45) is 5.92. The Morgan fingerprint density at radius 1 is 0.750 bits per heavy atom. The number of hydrogen-bond donors (Lipinski definition) is 0. The first-order chi connectivity index (χ1) is 17.4. The average molecular weight is 545 g/mol. The molecule has 0 aliphatic heterocycles. The maximum Gasteiger partial charge on any atom is 0.385 e. The van der Waals surface area contributed by atoms with Crippen LogP contribution in [0.25, 0.3) is 0 Å². The van der Waals surface area contributed by atoms with E-state index < -0.39 is 54.3 Å². The molecule has 0 aromatic carbocycles. The van der Waals surface area contributed by atoms with E-state index in [2.05, 4.69) is 13.2 Å². The molecule has 1 fully saturated rings. The van der Waals surface area contributed by atoms with Crippen molar-refractivity contribution >= 4 is 42.4 Å². The van der Waals surface area contributed by atoms with Gasteiger partial charge in [-0.25, -0.2) is 9.59 Å². The minimum absolute atomic E-state index is 0.188. The van der Waals surface area contributed by atoms with Crippen LogP contribution in [-0.4, -0.2) is 68.9 Å². The van der Waals surface area contributed by atoms with E-state index in [1.807, 2.05) is 13.8 Å².